The van der Waals surface area contributed by atoms with Gasteiger partial charge in [-0.2, -0.15) is 0 Å². The Bertz CT molecular complexity index is 587. The molecule has 2 aliphatic rings. The van der Waals surface area contributed by atoms with Crippen molar-refractivity contribution < 1.29 is 14.3 Å². The van der Waals surface area contributed by atoms with Gasteiger partial charge in [0.1, 0.15) is 5.75 Å². The summed E-state index contributed by atoms with van der Waals surface area (Å²) >= 11 is 0. The molecule has 124 valence electrons. The van der Waals surface area contributed by atoms with Gasteiger partial charge in [0.25, 0.3) is 0 Å². The average Bonchev–Trinajstić information content (AvgIpc) is 2.96. The molecule has 3 rings (SSSR count). The van der Waals surface area contributed by atoms with E-state index in [1.165, 1.54) is 11.1 Å². The molecule has 1 aliphatic heterocycles. The van der Waals surface area contributed by atoms with Crippen molar-refractivity contribution in [3.05, 3.63) is 42.0 Å². The summed E-state index contributed by atoms with van der Waals surface area (Å²) in [6.07, 6.45) is 3.48. The second-order valence-corrected chi connectivity index (χ2v) is 7.43. The van der Waals surface area contributed by atoms with Gasteiger partial charge in [-0.3, -0.25) is 4.79 Å². The van der Waals surface area contributed by atoms with Gasteiger partial charge in [-0.15, -0.1) is 0 Å². The Morgan fingerprint density at radius 2 is 2.09 bits per heavy atom. The van der Waals surface area contributed by atoms with Crippen LogP contribution in [0.5, 0.6) is 5.75 Å². The molecule has 23 heavy (non-hydrogen) atoms. The third-order valence-corrected chi connectivity index (χ3v) is 5.11. The third-order valence-electron chi connectivity index (χ3n) is 5.11. The van der Waals surface area contributed by atoms with Crippen molar-refractivity contribution in [2.75, 3.05) is 13.2 Å². The molecule has 1 aromatic rings. The fourth-order valence-electron chi connectivity index (χ4n) is 3.74. The molecule has 0 amide bonds. The molecule has 3 heteroatoms. The van der Waals surface area contributed by atoms with E-state index in [1.807, 2.05) is 12.1 Å². The summed E-state index contributed by atoms with van der Waals surface area (Å²) in [7, 11) is 0. The lowest BCUT2D eigenvalue weighted by atomic mass is 9.75. The number of rotatable bonds is 6. The molecule has 0 N–H and O–H groups in total. The van der Waals surface area contributed by atoms with Gasteiger partial charge >= 0.3 is 5.97 Å². The van der Waals surface area contributed by atoms with Crippen LogP contribution in [0.1, 0.15) is 38.7 Å². The van der Waals surface area contributed by atoms with Gasteiger partial charge in [0.15, 0.2) is 0 Å². The molecule has 0 unspecified atom stereocenters. The summed E-state index contributed by atoms with van der Waals surface area (Å²) in [4.78, 5) is 12.3. The predicted octanol–water partition coefficient (Wildman–Crippen LogP) is 4.16. The van der Waals surface area contributed by atoms with Gasteiger partial charge < -0.3 is 9.47 Å². The van der Waals surface area contributed by atoms with E-state index in [0.29, 0.717) is 18.4 Å². The van der Waals surface area contributed by atoms with E-state index in [9.17, 15) is 4.79 Å². The molecular weight excluding hydrogens is 288 g/mol. The van der Waals surface area contributed by atoms with Crippen LogP contribution in [-0.4, -0.2) is 19.2 Å². The van der Waals surface area contributed by atoms with E-state index in [-0.39, 0.29) is 11.4 Å². The monoisotopic (exact) mass is 314 g/mol. The first-order valence-electron chi connectivity index (χ1n) is 8.55. The highest BCUT2D eigenvalue weighted by Gasteiger charge is 2.55. The smallest absolute Gasteiger partial charge is 0.313 e. The average molecular weight is 314 g/mol. The summed E-state index contributed by atoms with van der Waals surface area (Å²) in [5.41, 5.74) is 1.97. The molecule has 3 nitrogen and oxygen atoms in total. The number of cyclic esters (lactones) is 1. The lowest BCUT2D eigenvalue weighted by Crippen LogP contribution is -2.31. The Morgan fingerprint density at radius 3 is 2.78 bits per heavy atom. The van der Waals surface area contributed by atoms with Crippen molar-refractivity contribution >= 4 is 5.97 Å². The van der Waals surface area contributed by atoms with Gasteiger partial charge in [0.2, 0.25) is 0 Å². The third kappa shape index (κ3) is 3.29. The number of fused-ring (bicyclic) bond motifs is 1. The van der Waals surface area contributed by atoms with Crippen molar-refractivity contribution in [3.8, 4) is 5.75 Å². The molecule has 0 bridgehead atoms. The molecule has 1 heterocycles. The van der Waals surface area contributed by atoms with Gasteiger partial charge in [-0.05, 0) is 49.3 Å². The molecule has 0 radical (unpaired) electrons. The number of carbonyl (C=O) groups excluding carboxylic acids is 1. The summed E-state index contributed by atoms with van der Waals surface area (Å²) in [6.45, 7) is 9.77. The Hall–Kier alpha value is -1.77. The SMILES string of the molecule is C=C1C[C@@H]2COC(=O)[C@@]2(Cc2ccc(OCCC(C)C)cc2)C1. The molecule has 1 saturated carbocycles. The van der Waals surface area contributed by atoms with Crippen molar-refractivity contribution in [3.63, 3.8) is 0 Å². The molecule has 0 aromatic heterocycles. The Balaban J connectivity index is 1.66. The zero-order chi connectivity index (χ0) is 16.4. The number of benzene rings is 1. The van der Waals surface area contributed by atoms with Crippen molar-refractivity contribution in [1.29, 1.82) is 0 Å². The zero-order valence-electron chi connectivity index (χ0n) is 14.1. The molecular formula is C20H26O3. The lowest BCUT2D eigenvalue weighted by Gasteiger charge is -2.24. The van der Waals surface area contributed by atoms with Crippen molar-refractivity contribution in [2.24, 2.45) is 17.3 Å². The first-order valence-corrected chi connectivity index (χ1v) is 8.55. The Labute approximate surface area is 138 Å². The molecule has 1 saturated heterocycles. The molecule has 2 fully saturated rings. The van der Waals surface area contributed by atoms with E-state index in [1.54, 1.807) is 0 Å². The number of esters is 1. The maximum Gasteiger partial charge on any atom is 0.313 e. The van der Waals surface area contributed by atoms with Gasteiger partial charge in [-0.25, -0.2) is 0 Å². The molecule has 2 atom stereocenters. The van der Waals surface area contributed by atoms with E-state index < -0.39 is 0 Å². The predicted molar refractivity (Wildman–Crippen MR) is 90.4 cm³/mol. The number of ether oxygens (including phenoxy) is 2. The minimum atomic E-state index is -0.378. The van der Waals surface area contributed by atoms with Crippen LogP contribution < -0.4 is 4.74 Å². The zero-order valence-corrected chi connectivity index (χ0v) is 14.1. The second kappa shape index (κ2) is 6.38. The van der Waals surface area contributed by atoms with Crippen molar-refractivity contribution in [2.45, 2.75) is 39.5 Å². The Morgan fingerprint density at radius 1 is 1.35 bits per heavy atom. The summed E-state index contributed by atoms with van der Waals surface area (Å²) in [5.74, 6) is 1.80. The van der Waals surface area contributed by atoms with Crippen LogP contribution in [0.2, 0.25) is 0 Å². The second-order valence-electron chi connectivity index (χ2n) is 7.43. The first kappa shape index (κ1) is 16.1. The minimum Gasteiger partial charge on any atom is -0.494 e. The maximum absolute atomic E-state index is 12.3. The number of carbonyl (C=O) groups is 1. The number of allylic oxidation sites excluding steroid dienone is 1. The molecule has 0 spiro atoms. The standard InChI is InChI=1S/C20H26O3/c1-14(2)8-9-22-18-6-4-16(5-7-18)12-20-11-15(3)10-17(20)13-23-19(20)21/h4-7,14,17H,3,8-13H2,1-2H3/t17-,20-/m1/s1. The highest BCUT2D eigenvalue weighted by Crippen LogP contribution is 2.52. The van der Waals surface area contributed by atoms with Crippen LogP contribution in [0.15, 0.2) is 36.4 Å². The molecule has 1 aromatic carbocycles. The van der Waals surface area contributed by atoms with Crippen LogP contribution in [0.25, 0.3) is 0 Å². The number of hydrogen-bond acceptors (Lipinski definition) is 3. The topological polar surface area (TPSA) is 35.5 Å². The van der Waals surface area contributed by atoms with E-state index in [2.05, 4.69) is 32.6 Å². The normalized spacial score (nSPS) is 26.5. The highest BCUT2D eigenvalue weighted by atomic mass is 16.5. The van der Waals surface area contributed by atoms with Crippen LogP contribution in [-0.2, 0) is 16.0 Å². The van der Waals surface area contributed by atoms with Gasteiger partial charge in [0.05, 0.1) is 18.6 Å². The van der Waals surface area contributed by atoms with Crippen LogP contribution in [0.3, 0.4) is 0 Å². The largest absolute Gasteiger partial charge is 0.494 e. The first-order chi connectivity index (χ1) is 11.0. The van der Waals surface area contributed by atoms with Crippen molar-refractivity contribution in [1.82, 2.24) is 0 Å². The molecule has 1 aliphatic carbocycles. The van der Waals surface area contributed by atoms with E-state index in [0.717, 1.165) is 38.0 Å². The fraction of sp³-hybridized carbons (Fsp3) is 0.550. The van der Waals surface area contributed by atoms with Crippen LogP contribution >= 0.6 is 0 Å². The summed E-state index contributed by atoms with van der Waals surface area (Å²) in [5, 5.41) is 0. The van der Waals surface area contributed by atoms with E-state index >= 15 is 0 Å². The minimum absolute atomic E-state index is 0.0431. The van der Waals surface area contributed by atoms with E-state index in [4.69, 9.17) is 9.47 Å². The van der Waals surface area contributed by atoms with Gasteiger partial charge in [0, 0.05) is 5.92 Å². The fourth-order valence-corrected chi connectivity index (χ4v) is 3.74. The van der Waals surface area contributed by atoms with Crippen LogP contribution in [0.4, 0.5) is 0 Å². The van der Waals surface area contributed by atoms with Crippen LogP contribution in [0, 0.1) is 17.3 Å². The van der Waals surface area contributed by atoms with Gasteiger partial charge in [-0.1, -0.05) is 38.1 Å². The highest BCUT2D eigenvalue weighted by molar-refractivity contribution is 5.81. The quantitative estimate of drug-likeness (QED) is 0.584. The Kier molecular flexibility index (Phi) is 4.47. The summed E-state index contributed by atoms with van der Waals surface area (Å²) in [6, 6.07) is 8.16. The maximum atomic E-state index is 12.3. The number of hydrogen-bond donors (Lipinski definition) is 0. The summed E-state index contributed by atoms with van der Waals surface area (Å²) < 4.78 is 11.1. The lowest BCUT2D eigenvalue weighted by molar-refractivity contribution is -0.146.